The van der Waals surface area contributed by atoms with E-state index in [-0.39, 0.29) is 5.91 Å². The third-order valence-corrected chi connectivity index (χ3v) is 1.03. The molecule has 16 heavy (non-hydrogen) atoms. The van der Waals surface area contributed by atoms with Crippen LogP contribution in [0.5, 0.6) is 0 Å². The van der Waals surface area contributed by atoms with Gasteiger partial charge in [0.1, 0.15) is 6.29 Å². The van der Waals surface area contributed by atoms with Crippen LogP contribution in [0.1, 0.15) is 13.8 Å². The molecule has 0 rings (SSSR count). The molecule has 1 amide bonds. The minimum Gasteiger partial charge on any atom is -0.352 e. The number of carbonyl (C=O) groups excluding carboxylic acids is 2. The van der Waals surface area contributed by atoms with Crippen molar-refractivity contribution in [2.24, 2.45) is 5.73 Å². The van der Waals surface area contributed by atoms with Crippen LogP contribution in [0.4, 0.5) is 0 Å². The Kier molecular flexibility index (Phi) is 23.5. The average molecular weight is 226 g/mol. The van der Waals surface area contributed by atoms with Gasteiger partial charge in [-0.2, -0.15) is 0 Å². The lowest BCUT2D eigenvalue weighted by Crippen LogP contribution is -2.21. The van der Waals surface area contributed by atoms with Crippen LogP contribution < -0.4 is 11.1 Å². The van der Waals surface area contributed by atoms with Crippen molar-refractivity contribution >= 4 is 12.2 Å². The van der Waals surface area contributed by atoms with E-state index >= 15 is 0 Å². The van der Waals surface area contributed by atoms with Gasteiger partial charge in [0.25, 0.3) is 0 Å². The number of hydrogen-bond donors (Lipinski definition) is 2. The van der Waals surface area contributed by atoms with Gasteiger partial charge in [-0.05, 0) is 19.5 Å². The van der Waals surface area contributed by atoms with Gasteiger partial charge in [0.2, 0.25) is 5.91 Å². The molecule has 4 heteroatoms. The summed E-state index contributed by atoms with van der Waals surface area (Å²) in [4.78, 5) is 19.2. The van der Waals surface area contributed by atoms with Crippen LogP contribution in [0.2, 0.25) is 0 Å². The Morgan fingerprint density at radius 3 is 2.19 bits per heavy atom. The first-order valence-corrected chi connectivity index (χ1v) is 4.77. The van der Waals surface area contributed by atoms with Crippen LogP contribution in [0.25, 0.3) is 0 Å². The van der Waals surface area contributed by atoms with Crippen molar-refractivity contribution in [1.29, 1.82) is 0 Å². The van der Waals surface area contributed by atoms with Gasteiger partial charge in [0, 0.05) is 13.5 Å². The predicted octanol–water partition coefficient (Wildman–Crippen LogP) is 1.20. The maximum Gasteiger partial charge on any atom is 0.217 e. The standard InChI is InChI=1S/C9H13NO.C2H4O.CH5N/c1-4-5-6-8(2)7-10-9(3)11;1-2-3;1-2/h4-6H,1-2,7H2,3H3,(H,10,11);2H,1H3;2H2,1H3/b6-5-;;. The molecule has 0 atom stereocenters. The zero-order valence-electron chi connectivity index (χ0n) is 10.3. The molecule has 0 saturated carbocycles. The fourth-order valence-corrected chi connectivity index (χ4v) is 0.501. The molecule has 4 nitrogen and oxygen atoms in total. The summed E-state index contributed by atoms with van der Waals surface area (Å²) in [6.45, 7) is 10.6. The summed E-state index contributed by atoms with van der Waals surface area (Å²) in [5.74, 6) is -0.0434. The fourth-order valence-electron chi connectivity index (χ4n) is 0.501. The highest BCUT2D eigenvalue weighted by Crippen LogP contribution is 1.89. The van der Waals surface area contributed by atoms with E-state index in [9.17, 15) is 4.79 Å². The lowest BCUT2D eigenvalue weighted by Gasteiger charge is -1.99. The molecule has 0 spiro atoms. The molecule has 0 fully saturated rings. The summed E-state index contributed by atoms with van der Waals surface area (Å²) < 4.78 is 0. The Balaban J connectivity index is -0.000000289. The van der Waals surface area contributed by atoms with Gasteiger partial charge in [0.05, 0.1) is 0 Å². The molecular formula is C12H22N2O2. The first-order chi connectivity index (χ1) is 7.58. The lowest BCUT2D eigenvalue weighted by atomic mass is 10.3. The van der Waals surface area contributed by atoms with E-state index in [1.54, 1.807) is 12.2 Å². The van der Waals surface area contributed by atoms with Gasteiger partial charge in [-0.15, -0.1) is 0 Å². The summed E-state index contributed by atoms with van der Waals surface area (Å²) in [6.07, 6.45) is 6.01. The molecule has 0 aliphatic heterocycles. The highest BCUT2D eigenvalue weighted by Gasteiger charge is 1.89. The van der Waals surface area contributed by atoms with Crippen molar-refractivity contribution in [3.8, 4) is 0 Å². The number of aldehydes is 1. The van der Waals surface area contributed by atoms with Gasteiger partial charge in [-0.3, -0.25) is 4.79 Å². The van der Waals surface area contributed by atoms with Crippen LogP contribution in [0.15, 0.2) is 37.0 Å². The van der Waals surface area contributed by atoms with Crippen molar-refractivity contribution < 1.29 is 9.59 Å². The molecule has 0 unspecified atom stereocenters. The molecule has 0 aliphatic rings. The Hall–Kier alpha value is -1.68. The number of rotatable bonds is 4. The number of carbonyl (C=O) groups is 2. The maximum absolute atomic E-state index is 10.4. The molecule has 0 radical (unpaired) electrons. The highest BCUT2D eigenvalue weighted by molar-refractivity contribution is 5.73. The minimum absolute atomic E-state index is 0.0434. The molecule has 3 N–H and O–H groups in total. The zero-order chi connectivity index (χ0) is 13.4. The maximum atomic E-state index is 10.4. The predicted molar refractivity (Wildman–Crippen MR) is 69.0 cm³/mol. The van der Waals surface area contributed by atoms with E-state index in [4.69, 9.17) is 4.79 Å². The summed E-state index contributed by atoms with van der Waals surface area (Å²) in [6, 6.07) is 0. The molecule has 0 bridgehead atoms. The van der Waals surface area contributed by atoms with Gasteiger partial charge in [-0.25, -0.2) is 0 Å². The smallest absolute Gasteiger partial charge is 0.217 e. The summed E-state index contributed by atoms with van der Waals surface area (Å²) in [5.41, 5.74) is 5.36. The fraction of sp³-hybridized carbons (Fsp3) is 0.333. The van der Waals surface area contributed by atoms with Crippen molar-refractivity contribution in [2.75, 3.05) is 13.6 Å². The molecule has 0 saturated heterocycles. The van der Waals surface area contributed by atoms with Crippen molar-refractivity contribution in [3.05, 3.63) is 37.0 Å². The number of amides is 1. The SMILES string of the molecule is C=C/C=C\C(=C)CNC(C)=O.CC=O.CN. The summed E-state index contributed by atoms with van der Waals surface area (Å²) >= 11 is 0. The van der Waals surface area contributed by atoms with Gasteiger partial charge >= 0.3 is 0 Å². The van der Waals surface area contributed by atoms with E-state index in [1.807, 2.05) is 6.08 Å². The normalized spacial score (nSPS) is 7.75. The molecular weight excluding hydrogens is 204 g/mol. The molecule has 0 heterocycles. The lowest BCUT2D eigenvalue weighted by molar-refractivity contribution is -0.118. The molecule has 0 aromatic rings. The van der Waals surface area contributed by atoms with E-state index < -0.39 is 0 Å². The van der Waals surface area contributed by atoms with Gasteiger partial charge in [-0.1, -0.05) is 31.4 Å². The highest BCUT2D eigenvalue weighted by atomic mass is 16.1. The van der Waals surface area contributed by atoms with Crippen molar-refractivity contribution in [2.45, 2.75) is 13.8 Å². The third kappa shape index (κ3) is 29.5. The van der Waals surface area contributed by atoms with E-state index in [0.717, 1.165) is 11.9 Å². The van der Waals surface area contributed by atoms with Crippen molar-refractivity contribution in [1.82, 2.24) is 5.32 Å². The van der Waals surface area contributed by atoms with E-state index in [1.165, 1.54) is 20.9 Å². The summed E-state index contributed by atoms with van der Waals surface area (Å²) in [5, 5.41) is 2.63. The number of hydrogen-bond acceptors (Lipinski definition) is 3. The quantitative estimate of drug-likeness (QED) is 0.559. The first kappa shape index (κ1) is 19.8. The van der Waals surface area contributed by atoms with E-state index in [2.05, 4.69) is 24.2 Å². The number of nitrogens with two attached hydrogens (primary N) is 1. The zero-order valence-corrected chi connectivity index (χ0v) is 10.3. The molecule has 0 aliphatic carbocycles. The third-order valence-electron chi connectivity index (χ3n) is 1.03. The second kappa shape index (κ2) is 19.0. The van der Waals surface area contributed by atoms with Gasteiger partial charge in [0.15, 0.2) is 0 Å². The van der Waals surface area contributed by atoms with Crippen LogP contribution in [-0.4, -0.2) is 25.8 Å². The minimum atomic E-state index is -0.0434. The molecule has 0 aromatic heterocycles. The monoisotopic (exact) mass is 226 g/mol. The summed E-state index contributed by atoms with van der Waals surface area (Å²) in [7, 11) is 1.50. The topological polar surface area (TPSA) is 72.2 Å². The number of nitrogens with one attached hydrogen (secondary N) is 1. The second-order valence-electron chi connectivity index (χ2n) is 2.40. The van der Waals surface area contributed by atoms with E-state index in [0.29, 0.717) is 6.54 Å². The Morgan fingerprint density at radius 2 is 1.88 bits per heavy atom. The molecule has 0 aromatic carbocycles. The van der Waals surface area contributed by atoms with Crippen LogP contribution in [0.3, 0.4) is 0 Å². The molecule has 92 valence electrons. The Labute approximate surface area is 97.9 Å². The number of allylic oxidation sites excluding steroid dienone is 2. The first-order valence-electron chi connectivity index (χ1n) is 4.77. The second-order valence-corrected chi connectivity index (χ2v) is 2.40. The Bertz CT molecular complexity index is 233. The van der Waals surface area contributed by atoms with Crippen LogP contribution in [-0.2, 0) is 9.59 Å². The Morgan fingerprint density at radius 1 is 1.44 bits per heavy atom. The largest absolute Gasteiger partial charge is 0.352 e. The van der Waals surface area contributed by atoms with Crippen LogP contribution in [0, 0.1) is 0 Å². The van der Waals surface area contributed by atoms with Crippen molar-refractivity contribution in [3.63, 3.8) is 0 Å². The van der Waals surface area contributed by atoms with Crippen LogP contribution >= 0.6 is 0 Å². The van der Waals surface area contributed by atoms with Gasteiger partial charge < -0.3 is 15.8 Å². The average Bonchev–Trinajstić information content (AvgIpc) is 2.27.